The van der Waals surface area contributed by atoms with Gasteiger partial charge in [-0.25, -0.2) is 9.79 Å². The van der Waals surface area contributed by atoms with Crippen molar-refractivity contribution in [2.24, 2.45) is 4.99 Å². The molecular formula is C37H34N4O5S2. The van der Waals surface area contributed by atoms with E-state index in [0.29, 0.717) is 46.9 Å². The number of hydrogen-bond acceptors (Lipinski definition) is 8. The standard InChI is InChI=1S/C37H34N4O5S2/c1-3-46-36(44)32-33(24-9-5-4-6-10-24)38-37-41(34(32)25-13-15-27(47-2)16-14-25)35(43)30(48-37)21-26-22-40(29-12-8-7-11-28(26)29)23-31(42)39-17-19-45-20-18-39/h4-16,21-22,34H,3,17-20,23H2,1-2H3/b30-21+/t34-/m1/s1. The zero-order chi connectivity index (χ0) is 33.2. The van der Waals surface area contributed by atoms with Gasteiger partial charge < -0.3 is 18.9 Å². The monoisotopic (exact) mass is 678 g/mol. The van der Waals surface area contributed by atoms with Crippen molar-refractivity contribution in [3.05, 3.63) is 127 Å². The number of rotatable bonds is 8. The molecule has 1 atom stereocenters. The number of para-hydroxylation sites is 1. The van der Waals surface area contributed by atoms with Crippen LogP contribution in [0.1, 0.15) is 29.7 Å². The fourth-order valence-corrected chi connectivity index (χ4v) is 7.66. The summed E-state index contributed by atoms with van der Waals surface area (Å²) < 4.78 is 15.0. The van der Waals surface area contributed by atoms with E-state index in [1.807, 2.05) is 107 Å². The fraction of sp³-hybridized carbons (Fsp3) is 0.243. The maximum absolute atomic E-state index is 14.4. The van der Waals surface area contributed by atoms with Crippen molar-refractivity contribution in [3.63, 3.8) is 0 Å². The van der Waals surface area contributed by atoms with E-state index >= 15 is 0 Å². The molecule has 0 unspecified atom stereocenters. The molecule has 1 saturated heterocycles. The maximum atomic E-state index is 14.4. The highest BCUT2D eigenvalue weighted by molar-refractivity contribution is 7.98. The average molecular weight is 679 g/mol. The molecule has 2 aliphatic rings. The van der Waals surface area contributed by atoms with Gasteiger partial charge in [-0.1, -0.05) is 72.0 Å². The van der Waals surface area contributed by atoms with Crippen LogP contribution in [-0.2, 0) is 25.6 Å². The first-order valence-electron chi connectivity index (χ1n) is 15.8. The second-order valence-electron chi connectivity index (χ2n) is 11.4. The molecule has 0 bridgehead atoms. The first-order valence-corrected chi connectivity index (χ1v) is 17.9. The number of carbonyl (C=O) groups is 2. The lowest BCUT2D eigenvalue weighted by molar-refractivity contribution is -0.139. The summed E-state index contributed by atoms with van der Waals surface area (Å²) in [5.41, 5.74) is 3.81. The van der Waals surface area contributed by atoms with Crippen LogP contribution in [0.2, 0.25) is 0 Å². The van der Waals surface area contributed by atoms with Crippen LogP contribution >= 0.6 is 23.1 Å². The molecule has 7 rings (SSSR count). The molecule has 48 heavy (non-hydrogen) atoms. The minimum absolute atomic E-state index is 0.0254. The highest BCUT2D eigenvalue weighted by Crippen LogP contribution is 2.35. The number of nitrogens with zero attached hydrogens (tertiary/aromatic N) is 4. The van der Waals surface area contributed by atoms with Crippen LogP contribution in [0.5, 0.6) is 0 Å². The molecule has 244 valence electrons. The van der Waals surface area contributed by atoms with Crippen molar-refractivity contribution in [1.29, 1.82) is 0 Å². The number of thiazole rings is 1. The van der Waals surface area contributed by atoms with E-state index < -0.39 is 12.0 Å². The lowest BCUT2D eigenvalue weighted by atomic mass is 9.93. The fourth-order valence-electron chi connectivity index (χ4n) is 6.26. The Hall–Kier alpha value is -4.71. The summed E-state index contributed by atoms with van der Waals surface area (Å²) in [6.45, 7) is 4.37. The molecule has 0 spiro atoms. The highest BCUT2D eigenvalue weighted by atomic mass is 32.2. The molecule has 2 aromatic heterocycles. The number of amides is 1. The molecule has 0 radical (unpaired) electrons. The van der Waals surface area contributed by atoms with Crippen LogP contribution < -0.4 is 14.9 Å². The van der Waals surface area contributed by atoms with Gasteiger partial charge >= 0.3 is 5.97 Å². The third kappa shape index (κ3) is 6.05. The van der Waals surface area contributed by atoms with Gasteiger partial charge in [-0.2, -0.15) is 0 Å². The van der Waals surface area contributed by atoms with Crippen molar-refractivity contribution in [2.45, 2.75) is 24.4 Å². The van der Waals surface area contributed by atoms with Crippen molar-refractivity contribution in [3.8, 4) is 0 Å². The first-order chi connectivity index (χ1) is 23.5. The minimum Gasteiger partial charge on any atom is -0.463 e. The molecule has 0 saturated carbocycles. The van der Waals surface area contributed by atoms with Crippen molar-refractivity contribution >= 4 is 57.7 Å². The number of thioether (sulfide) groups is 1. The highest BCUT2D eigenvalue weighted by Gasteiger charge is 2.35. The Bertz CT molecular complexity index is 2210. The molecule has 0 N–H and O–H groups in total. The molecule has 4 heterocycles. The van der Waals surface area contributed by atoms with Gasteiger partial charge in [-0.3, -0.25) is 14.2 Å². The molecule has 1 amide bonds. The van der Waals surface area contributed by atoms with Gasteiger partial charge in [-0.15, -0.1) is 11.8 Å². The quantitative estimate of drug-likeness (QED) is 0.178. The van der Waals surface area contributed by atoms with E-state index in [4.69, 9.17) is 14.5 Å². The van der Waals surface area contributed by atoms with Gasteiger partial charge in [-0.05, 0) is 43.0 Å². The third-order valence-corrected chi connectivity index (χ3v) is 10.3. The number of hydrogen-bond donors (Lipinski definition) is 0. The number of aromatic nitrogens is 2. The van der Waals surface area contributed by atoms with Crippen LogP contribution in [0, 0.1) is 0 Å². The van der Waals surface area contributed by atoms with E-state index in [1.165, 1.54) is 11.3 Å². The summed E-state index contributed by atoms with van der Waals surface area (Å²) in [6, 6.07) is 24.6. The van der Waals surface area contributed by atoms with Gasteiger partial charge in [0.2, 0.25) is 5.91 Å². The summed E-state index contributed by atoms with van der Waals surface area (Å²) in [4.78, 5) is 49.7. The lowest BCUT2D eigenvalue weighted by Crippen LogP contribution is -2.42. The molecule has 0 aliphatic carbocycles. The Kier molecular flexibility index (Phi) is 9.16. The third-order valence-electron chi connectivity index (χ3n) is 8.58. The lowest BCUT2D eigenvalue weighted by Gasteiger charge is -2.27. The van der Waals surface area contributed by atoms with E-state index in [9.17, 15) is 14.4 Å². The van der Waals surface area contributed by atoms with Gasteiger partial charge in [0.15, 0.2) is 4.80 Å². The normalized spacial score (nSPS) is 16.6. The average Bonchev–Trinajstić information content (AvgIpc) is 3.64. The van der Waals surface area contributed by atoms with Crippen LogP contribution in [0.25, 0.3) is 22.7 Å². The Morgan fingerprint density at radius 1 is 1.02 bits per heavy atom. The summed E-state index contributed by atoms with van der Waals surface area (Å²) >= 11 is 2.90. The van der Waals surface area contributed by atoms with Crippen molar-refractivity contribution in [1.82, 2.24) is 14.0 Å². The molecular weight excluding hydrogens is 645 g/mol. The molecule has 5 aromatic rings. The number of ether oxygens (including phenoxy) is 2. The van der Waals surface area contributed by atoms with Crippen LogP contribution in [0.15, 0.2) is 105 Å². The molecule has 11 heteroatoms. The Balaban J connectivity index is 1.40. The van der Waals surface area contributed by atoms with Crippen molar-refractivity contribution < 1.29 is 19.1 Å². The largest absolute Gasteiger partial charge is 0.463 e. The number of carbonyl (C=O) groups excluding carboxylic acids is 2. The van der Waals surface area contributed by atoms with Crippen LogP contribution in [-0.4, -0.2) is 65.1 Å². The van der Waals surface area contributed by atoms with Gasteiger partial charge in [0.05, 0.1) is 41.7 Å². The van der Waals surface area contributed by atoms with Crippen molar-refractivity contribution in [2.75, 3.05) is 39.2 Å². The summed E-state index contributed by atoms with van der Waals surface area (Å²) in [7, 11) is 0. The number of morpholine rings is 1. The number of benzene rings is 3. The number of esters is 1. The predicted molar refractivity (Wildman–Crippen MR) is 189 cm³/mol. The zero-order valence-corrected chi connectivity index (χ0v) is 28.3. The van der Waals surface area contributed by atoms with Crippen LogP contribution in [0.3, 0.4) is 0 Å². The topological polar surface area (TPSA) is 95.1 Å². The molecule has 3 aromatic carbocycles. The Morgan fingerprint density at radius 3 is 2.48 bits per heavy atom. The Labute approximate surface area is 285 Å². The van der Waals surface area contributed by atoms with Crippen LogP contribution in [0.4, 0.5) is 0 Å². The maximum Gasteiger partial charge on any atom is 0.338 e. The molecule has 9 nitrogen and oxygen atoms in total. The molecule has 1 fully saturated rings. The predicted octanol–water partition coefficient (Wildman–Crippen LogP) is 4.47. The molecule has 2 aliphatic heterocycles. The SMILES string of the molecule is CCOC(=O)C1=C(c2ccccc2)N=c2s/c(=C/c3cn(CC(=O)N4CCOCC4)c4ccccc34)c(=O)n2[C@@H]1c1ccc(SC)cc1. The van der Waals surface area contributed by atoms with E-state index in [1.54, 1.807) is 23.3 Å². The van der Waals surface area contributed by atoms with Gasteiger partial charge in [0.1, 0.15) is 6.54 Å². The minimum atomic E-state index is -0.749. The van der Waals surface area contributed by atoms with Gasteiger partial charge in [0, 0.05) is 46.2 Å². The second-order valence-corrected chi connectivity index (χ2v) is 13.3. The van der Waals surface area contributed by atoms with E-state index in [-0.39, 0.29) is 24.6 Å². The second kappa shape index (κ2) is 13.8. The summed E-state index contributed by atoms with van der Waals surface area (Å²) in [5, 5.41) is 0.930. The summed E-state index contributed by atoms with van der Waals surface area (Å²) in [5.74, 6) is -0.487. The first kappa shape index (κ1) is 31.9. The van der Waals surface area contributed by atoms with E-state index in [2.05, 4.69) is 0 Å². The Morgan fingerprint density at radius 2 is 1.75 bits per heavy atom. The summed E-state index contributed by atoms with van der Waals surface area (Å²) in [6.07, 6.45) is 5.80. The van der Waals surface area contributed by atoms with E-state index in [0.717, 1.165) is 32.5 Å². The number of fused-ring (bicyclic) bond motifs is 2. The smallest absolute Gasteiger partial charge is 0.338 e. The zero-order valence-electron chi connectivity index (χ0n) is 26.6. The van der Waals surface area contributed by atoms with Gasteiger partial charge in [0.25, 0.3) is 5.56 Å².